The second kappa shape index (κ2) is 7.36. The number of nitrogens with one attached hydrogen (secondary N) is 1. The van der Waals surface area contributed by atoms with Gasteiger partial charge >= 0.3 is 0 Å². The second-order valence-electron chi connectivity index (χ2n) is 8.63. The summed E-state index contributed by atoms with van der Waals surface area (Å²) in [4.78, 5) is 25.0. The van der Waals surface area contributed by atoms with Gasteiger partial charge in [0.25, 0.3) is 5.69 Å². The SMILES string of the molecule is C[C@H]1[C@@H](NS(=O)(=O)c2cccc([N+](=O)[O-])c2)CC[C@@]23CCCN2C(=O)CCC[C@@H]13. The van der Waals surface area contributed by atoms with Crippen LogP contribution in [-0.2, 0) is 14.8 Å². The molecule has 3 fully saturated rings. The van der Waals surface area contributed by atoms with E-state index in [0.717, 1.165) is 44.7 Å². The van der Waals surface area contributed by atoms with E-state index in [2.05, 4.69) is 16.5 Å². The van der Waals surface area contributed by atoms with Crippen molar-refractivity contribution in [3.8, 4) is 0 Å². The predicted octanol–water partition coefficient (Wildman–Crippen LogP) is 2.83. The Morgan fingerprint density at radius 2 is 2.03 bits per heavy atom. The molecule has 1 saturated carbocycles. The van der Waals surface area contributed by atoms with Crippen molar-refractivity contribution >= 4 is 21.6 Å². The second-order valence-corrected chi connectivity index (χ2v) is 10.3. The summed E-state index contributed by atoms with van der Waals surface area (Å²) in [5.74, 6) is 0.597. The highest BCUT2D eigenvalue weighted by Crippen LogP contribution is 2.51. The minimum absolute atomic E-state index is 0.0854. The normalized spacial score (nSPS) is 32.4. The van der Waals surface area contributed by atoms with Crippen LogP contribution in [0.15, 0.2) is 29.2 Å². The summed E-state index contributed by atoms with van der Waals surface area (Å²) in [7, 11) is -3.87. The Balaban J connectivity index is 1.58. The molecule has 0 aromatic heterocycles. The van der Waals surface area contributed by atoms with Crippen LogP contribution in [-0.4, -0.2) is 42.3 Å². The van der Waals surface area contributed by atoms with Gasteiger partial charge in [0.05, 0.1) is 9.82 Å². The fraction of sp³-hybridized carbons (Fsp3) is 0.650. The fourth-order valence-electron chi connectivity index (χ4n) is 5.88. The quantitative estimate of drug-likeness (QED) is 0.594. The summed E-state index contributed by atoms with van der Waals surface area (Å²) in [6, 6.07) is 4.90. The van der Waals surface area contributed by atoms with Crippen LogP contribution < -0.4 is 4.72 Å². The molecule has 29 heavy (non-hydrogen) atoms. The van der Waals surface area contributed by atoms with Crippen molar-refractivity contribution in [3.63, 3.8) is 0 Å². The maximum Gasteiger partial charge on any atom is 0.270 e. The topological polar surface area (TPSA) is 110 Å². The van der Waals surface area contributed by atoms with Gasteiger partial charge in [-0.2, -0.15) is 0 Å². The molecule has 0 unspecified atom stereocenters. The molecule has 0 radical (unpaired) electrons. The number of carbonyl (C=O) groups excluding carboxylic acids is 1. The van der Waals surface area contributed by atoms with Crippen LogP contribution in [0.25, 0.3) is 0 Å². The van der Waals surface area contributed by atoms with Gasteiger partial charge in [-0.3, -0.25) is 14.9 Å². The van der Waals surface area contributed by atoms with Gasteiger partial charge in [-0.15, -0.1) is 0 Å². The van der Waals surface area contributed by atoms with Crippen LogP contribution in [0.4, 0.5) is 5.69 Å². The Kier molecular flexibility index (Phi) is 5.14. The first-order chi connectivity index (χ1) is 13.7. The molecule has 1 amide bonds. The monoisotopic (exact) mass is 421 g/mol. The number of hydrogen-bond donors (Lipinski definition) is 1. The summed E-state index contributed by atoms with van der Waals surface area (Å²) in [6.07, 6.45) is 5.83. The number of hydrogen-bond acceptors (Lipinski definition) is 5. The van der Waals surface area contributed by atoms with Crippen molar-refractivity contribution in [1.29, 1.82) is 0 Å². The molecular formula is C20H27N3O5S. The number of non-ortho nitro benzene ring substituents is 1. The third-order valence-electron chi connectivity index (χ3n) is 7.23. The fourth-order valence-corrected chi connectivity index (χ4v) is 7.28. The molecule has 2 aliphatic heterocycles. The van der Waals surface area contributed by atoms with Crippen molar-refractivity contribution in [2.45, 2.75) is 68.3 Å². The zero-order valence-electron chi connectivity index (χ0n) is 16.5. The number of nitro groups is 1. The van der Waals surface area contributed by atoms with Crippen LogP contribution in [0.5, 0.6) is 0 Å². The number of carbonyl (C=O) groups is 1. The number of amides is 1. The van der Waals surface area contributed by atoms with E-state index in [9.17, 15) is 23.3 Å². The molecule has 8 nitrogen and oxygen atoms in total. The summed E-state index contributed by atoms with van der Waals surface area (Å²) in [5, 5.41) is 11.0. The summed E-state index contributed by atoms with van der Waals surface area (Å²) >= 11 is 0. The zero-order valence-corrected chi connectivity index (χ0v) is 17.4. The van der Waals surface area contributed by atoms with E-state index in [0.29, 0.717) is 12.8 Å². The highest BCUT2D eigenvalue weighted by atomic mass is 32.2. The summed E-state index contributed by atoms with van der Waals surface area (Å²) < 4.78 is 28.7. The summed E-state index contributed by atoms with van der Waals surface area (Å²) in [5.41, 5.74) is -0.368. The lowest BCUT2D eigenvalue weighted by atomic mass is 9.63. The molecule has 2 saturated heterocycles. The molecule has 9 heteroatoms. The maximum absolute atomic E-state index is 12.9. The van der Waals surface area contributed by atoms with Crippen LogP contribution in [0.2, 0.25) is 0 Å². The van der Waals surface area contributed by atoms with E-state index >= 15 is 0 Å². The molecule has 1 aromatic rings. The molecule has 1 N–H and O–H groups in total. The minimum Gasteiger partial charge on any atom is -0.337 e. The smallest absolute Gasteiger partial charge is 0.270 e. The largest absolute Gasteiger partial charge is 0.337 e. The van der Waals surface area contributed by atoms with Crippen LogP contribution >= 0.6 is 0 Å². The predicted molar refractivity (Wildman–Crippen MR) is 107 cm³/mol. The van der Waals surface area contributed by atoms with Crippen molar-refractivity contribution < 1.29 is 18.1 Å². The Hall–Kier alpha value is -2.00. The van der Waals surface area contributed by atoms with Crippen molar-refractivity contribution in [2.24, 2.45) is 11.8 Å². The van der Waals surface area contributed by atoms with Gasteiger partial charge in [0.15, 0.2) is 0 Å². The van der Waals surface area contributed by atoms with Gasteiger partial charge in [-0.05, 0) is 56.4 Å². The molecule has 4 rings (SSSR count). The van der Waals surface area contributed by atoms with Gasteiger partial charge in [0, 0.05) is 36.7 Å². The van der Waals surface area contributed by atoms with E-state index in [4.69, 9.17) is 0 Å². The van der Waals surface area contributed by atoms with Crippen molar-refractivity contribution in [1.82, 2.24) is 9.62 Å². The first-order valence-corrected chi connectivity index (χ1v) is 11.8. The molecular weight excluding hydrogens is 394 g/mol. The molecule has 2 heterocycles. The number of sulfonamides is 1. The lowest BCUT2D eigenvalue weighted by molar-refractivity contribution is -0.385. The molecule has 158 valence electrons. The molecule has 3 aliphatic rings. The first-order valence-electron chi connectivity index (χ1n) is 10.3. The van der Waals surface area contributed by atoms with Crippen LogP contribution in [0, 0.1) is 22.0 Å². The molecule has 1 spiro atoms. The van der Waals surface area contributed by atoms with Gasteiger partial charge in [-0.25, -0.2) is 13.1 Å². The third-order valence-corrected chi connectivity index (χ3v) is 8.72. The number of benzene rings is 1. The lowest BCUT2D eigenvalue weighted by Crippen LogP contribution is -2.59. The van der Waals surface area contributed by atoms with E-state index in [-0.39, 0.29) is 39.9 Å². The van der Waals surface area contributed by atoms with Gasteiger partial charge in [-0.1, -0.05) is 13.0 Å². The standard InChI is InChI=1S/C20H27N3O5S/c1-14-17-7-3-8-19(24)22-12-4-10-20(17,22)11-9-18(14)21-29(27,28)16-6-2-5-15(13-16)23(25)26/h2,5-6,13-14,17-18,21H,3-4,7-12H2,1H3/t14-,17+,18+,20-/m1/s1. The molecule has 0 bridgehead atoms. The van der Waals surface area contributed by atoms with Crippen LogP contribution in [0.3, 0.4) is 0 Å². The van der Waals surface area contributed by atoms with Crippen molar-refractivity contribution in [2.75, 3.05) is 6.54 Å². The van der Waals surface area contributed by atoms with Crippen molar-refractivity contribution in [3.05, 3.63) is 34.4 Å². The Morgan fingerprint density at radius 3 is 2.79 bits per heavy atom. The minimum atomic E-state index is -3.87. The van der Waals surface area contributed by atoms with E-state index in [1.54, 1.807) is 0 Å². The van der Waals surface area contributed by atoms with E-state index in [1.165, 1.54) is 18.2 Å². The Bertz CT molecular complexity index is 934. The van der Waals surface area contributed by atoms with Crippen LogP contribution in [0.1, 0.15) is 51.9 Å². The maximum atomic E-state index is 12.9. The molecule has 1 aliphatic carbocycles. The Morgan fingerprint density at radius 1 is 1.24 bits per heavy atom. The number of rotatable bonds is 4. The highest BCUT2D eigenvalue weighted by molar-refractivity contribution is 7.89. The summed E-state index contributed by atoms with van der Waals surface area (Å²) in [6.45, 7) is 2.89. The Labute approximate surface area is 170 Å². The van der Waals surface area contributed by atoms with Gasteiger partial charge in [0.1, 0.15) is 0 Å². The van der Waals surface area contributed by atoms with E-state index in [1.807, 2.05) is 0 Å². The van der Waals surface area contributed by atoms with Gasteiger partial charge in [0.2, 0.25) is 15.9 Å². The molecule has 1 aromatic carbocycles. The number of nitrogens with zero attached hydrogens (tertiary/aromatic N) is 2. The highest BCUT2D eigenvalue weighted by Gasteiger charge is 2.55. The third kappa shape index (κ3) is 3.44. The van der Waals surface area contributed by atoms with E-state index < -0.39 is 14.9 Å². The zero-order chi connectivity index (χ0) is 20.8. The lowest BCUT2D eigenvalue weighted by Gasteiger charge is -2.52. The average molecular weight is 422 g/mol. The average Bonchev–Trinajstić information content (AvgIpc) is 3.05. The first kappa shape index (κ1) is 20.3. The molecule has 4 atom stereocenters. The number of nitro benzene ring substituents is 1. The van der Waals surface area contributed by atoms with Gasteiger partial charge < -0.3 is 4.90 Å².